The molecule has 1 fully saturated rings. The number of cyclic esters (lactones) is 2. The summed E-state index contributed by atoms with van der Waals surface area (Å²) >= 11 is 12.3. The average Bonchev–Trinajstić information content (AvgIpc) is 3.84. The Morgan fingerprint density at radius 3 is 2.31 bits per heavy atom. The van der Waals surface area contributed by atoms with Gasteiger partial charge in [-0.15, -0.1) is 11.6 Å². The lowest BCUT2D eigenvalue weighted by Gasteiger charge is -2.29. The molecular weight excluding hydrogens is 655 g/mol. The summed E-state index contributed by atoms with van der Waals surface area (Å²) in [5.41, 5.74) is 2.45. The van der Waals surface area contributed by atoms with Crippen LogP contribution in [0.5, 0.6) is 0 Å². The van der Waals surface area contributed by atoms with E-state index in [1.54, 1.807) is 26.0 Å². The number of aryl methyl sites for hydroxylation is 1. The van der Waals surface area contributed by atoms with E-state index < -0.39 is 47.4 Å². The second-order valence-electron chi connectivity index (χ2n) is 13.8. The van der Waals surface area contributed by atoms with Gasteiger partial charge in [0, 0.05) is 36.2 Å². The largest absolute Gasteiger partial charge is 0.459 e. The molecule has 2 aliphatic rings. The molecule has 0 saturated carbocycles. The van der Waals surface area contributed by atoms with Crippen LogP contribution in [0, 0.1) is 24.2 Å². The summed E-state index contributed by atoms with van der Waals surface area (Å²) in [6.07, 6.45) is 1.31. The SMILES string of the molecule is Cc1ccc(C[C@H]2NC(=O)/C=C/C[C@@H]([C@H](C)[C@H]3O[C@@H]3c3ccc(CCl)cc3)OC(=O)[C@H](CC(C)C)OC(=O)C(C)(C)CNC2=O)cc1Cl. The topological polar surface area (TPSA) is 123 Å². The molecule has 260 valence electrons. The van der Waals surface area contributed by atoms with Crippen molar-refractivity contribution in [2.45, 2.75) is 97.1 Å². The van der Waals surface area contributed by atoms with Gasteiger partial charge < -0.3 is 24.8 Å². The molecule has 2 N–H and O–H groups in total. The molecule has 2 heterocycles. The van der Waals surface area contributed by atoms with Crippen molar-refractivity contribution >= 4 is 47.0 Å². The third-order valence-corrected chi connectivity index (χ3v) is 9.48. The summed E-state index contributed by atoms with van der Waals surface area (Å²) in [4.78, 5) is 53.7. The molecule has 1 saturated heterocycles. The molecule has 9 nitrogen and oxygen atoms in total. The molecule has 0 aromatic heterocycles. The van der Waals surface area contributed by atoms with E-state index in [9.17, 15) is 19.2 Å². The number of epoxide rings is 1. The fourth-order valence-corrected chi connectivity index (χ4v) is 5.93. The summed E-state index contributed by atoms with van der Waals surface area (Å²) in [6.45, 7) is 10.8. The molecule has 11 heteroatoms. The lowest BCUT2D eigenvalue weighted by Crippen LogP contribution is -2.51. The van der Waals surface area contributed by atoms with E-state index in [2.05, 4.69) is 10.6 Å². The van der Waals surface area contributed by atoms with Gasteiger partial charge in [-0.3, -0.25) is 14.4 Å². The van der Waals surface area contributed by atoms with Crippen molar-refractivity contribution in [3.63, 3.8) is 0 Å². The first-order chi connectivity index (χ1) is 22.7. The van der Waals surface area contributed by atoms with E-state index in [1.807, 2.05) is 64.1 Å². The van der Waals surface area contributed by atoms with E-state index in [-0.39, 0.29) is 49.9 Å². The number of amides is 2. The van der Waals surface area contributed by atoms with Crippen molar-refractivity contribution in [1.29, 1.82) is 0 Å². The Balaban J connectivity index is 1.60. The van der Waals surface area contributed by atoms with Crippen LogP contribution in [0.3, 0.4) is 0 Å². The Morgan fingerprint density at radius 1 is 0.979 bits per heavy atom. The van der Waals surface area contributed by atoms with Gasteiger partial charge in [-0.2, -0.15) is 0 Å². The van der Waals surface area contributed by atoms with Crippen LogP contribution in [0.4, 0.5) is 0 Å². The highest BCUT2D eigenvalue weighted by Crippen LogP contribution is 2.45. The van der Waals surface area contributed by atoms with E-state index >= 15 is 0 Å². The zero-order valence-corrected chi connectivity index (χ0v) is 29.9. The predicted octanol–water partition coefficient (Wildman–Crippen LogP) is 6.16. The number of rotatable bonds is 8. The second kappa shape index (κ2) is 16.3. The van der Waals surface area contributed by atoms with Gasteiger partial charge in [0.15, 0.2) is 6.10 Å². The fourth-order valence-electron chi connectivity index (χ4n) is 5.55. The van der Waals surface area contributed by atoms with Crippen LogP contribution >= 0.6 is 23.2 Å². The first kappa shape index (κ1) is 37.4. The van der Waals surface area contributed by atoms with Gasteiger partial charge in [-0.25, -0.2) is 4.79 Å². The number of alkyl halides is 1. The zero-order chi connectivity index (χ0) is 35.2. The molecule has 0 aliphatic carbocycles. The fraction of sp³-hybridized carbons (Fsp3) is 0.514. The monoisotopic (exact) mass is 700 g/mol. The molecule has 0 bridgehead atoms. The minimum atomic E-state index is -1.19. The average molecular weight is 702 g/mol. The molecule has 2 aromatic carbocycles. The van der Waals surface area contributed by atoms with Crippen LogP contribution in [0.1, 0.15) is 75.8 Å². The highest BCUT2D eigenvalue weighted by atomic mass is 35.5. The molecule has 0 radical (unpaired) electrons. The Morgan fingerprint density at radius 2 is 1.67 bits per heavy atom. The van der Waals surface area contributed by atoms with Gasteiger partial charge in [0.1, 0.15) is 18.2 Å². The number of carbonyl (C=O) groups excluding carboxylic acids is 4. The number of ether oxygens (including phenoxy) is 3. The van der Waals surface area contributed by atoms with E-state index in [0.717, 1.165) is 22.3 Å². The Kier molecular flexibility index (Phi) is 12.7. The van der Waals surface area contributed by atoms with Crippen molar-refractivity contribution in [1.82, 2.24) is 10.6 Å². The molecule has 0 spiro atoms. The van der Waals surface area contributed by atoms with E-state index in [0.29, 0.717) is 10.9 Å². The smallest absolute Gasteiger partial charge is 0.347 e. The summed E-state index contributed by atoms with van der Waals surface area (Å²) in [7, 11) is 0. The minimum absolute atomic E-state index is 0.0198. The van der Waals surface area contributed by atoms with Crippen LogP contribution in [0.2, 0.25) is 5.02 Å². The predicted molar refractivity (Wildman–Crippen MR) is 184 cm³/mol. The Hall–Kier alpha value is -3.40. The van der Waals surface area contributed by atoms with Crippen molar-refractivity contribution in [2.75, 3.05) is 6.54 Å². The Bertz CT molecular complexity index is 1510. The normalized spacial score (nSPS) is 26.6. The van der Waals surface area contributed by atoms with Crippen LogP contribution in [-0.4, -0.2) is 54.7 Å². The summed E-state index contributed by atoms with van der Waals surface area (Å²) in [5, 5.41) is 6.12. The van der Waals surface area contributed by atoms with Crippen molar-refractivity contribution in [3.05, 3.63) is 81.9 Å². The van der Waals surface area contributed by atoms with Crippen molar-refractivity contribution in [3.8, 4) is 0 Å². The first-order valence-corrected chi connectivity index (χ1v) is 17.3. The van der Waals surface area contributed by atoms with Crippen molar-refractivity contribution in [2.24, 2.45) is 17.3 Å². The number of esters is 2. The molecule has 4 rings (SSSR count). The quantitative estimate of drug-likeness (QED) is 0.192. The summed E-state index contributed by atoms with van der Waals surface area (Å²) in [5.74, 6) is -2.12. The zero-order valence-electron chi connectivity index (χ0n) is 28.4. The third kappa shape index (κ3) is 10.1. The van der Waals surface area contributed by atoms with Gasteiger partial charge in [-0.05, 0) is 67.5 Å². The van der Waals surface area contributed by atoms with Gasteiger partial charge in [0.05, 0.1) is 11.5 Å². The van der Waals surface area contributed by atoms with Crippen LogP contribution in [0.25, 0.3) is 0 Å². The molecule has 48 heavy (non-hydrogen) atoms. The number of carbonyl (C=O) groups is 4. The lowest BCUT2D eigenvalue weighted by molar-refractivity contribution is -0.179. The van der Waals surface area contributed by atoms with Crippen LogP contribution in [0.15, 0.2) is 54.6 Å². The molecule has 2 amide bonds. The van der Waals surface area contributed by atoms with Gasteiger partial charge in [0.2, 0.25) is 11.8 Å². The maximum Gasteiger partial charge on any atom is 0.347 e. The molecular formula is C37H46Cl2N2O7. The lowest BCUT2D eigenvalue weighted by atomic mass is 9.92. The number of benzene rings is 2. The third-order valence-electron chi connectivity index (χ3n) is 8.76. The number of nitrogens with one attached hydrogen (secondary N) is 2. The first-order valence-electron chi connectivity index (χ1n) is 16.4. The maximum absolute atomic E-state index is 13.6. The van der Waals surface area contributed by atoms with Gasteiger partial charge in [0.25, 0.3) is 0 Å². The minimum Gasteiger partial charge on any atom is -0.459 e. The molecule has 2 aromatic rings. The maximum atomic E-state index is 13.6. The summed E-state index contributed by atoms with van der Waals surface area (Å²) < 4.78 is 17.9. The standard InChI is InChI=1S/C37H46Cl2N2O7/c1-21(2)16-30-35(44)46-29(23(4)32-33(48-32)26-14-12-24(19-38)13-15-26)8-7-9-31(42)41-28(18-25-11-10-22(3)27(39)17-25)34(43)40-20-37(5,6)36(45)47-30/h7,9-15,17,21,23,28-30,32-33H,8,16,18-20H2,1-6H3,(H,40,43)(H,41,42)/b9-7+/t23-,28+,29-,30-,32+,33+/m0/s1. The van der Waals surface area contributed by atoms with Gasteiger partial charge >= 0.3 is 11.9 Å². The Labute approximate surface area is 293 Å². The van der Waals surface area contributed by atoms with Crippen molar-refractivity contribution < 1.29 is 33.4 Å². The van der Waals surface area contributed by atoms with E-state index in [4.69, 9.17) is 37.4 Å². The summed E-state index contributed by atoms with van der Waals surface area (Å²) in [6, 6.07) is 12.4. The second-order valence-corrected chi connectivity index (χ2v) is 14.5. The van der Waals surface area contributed by atoms with Crippen LogP contribution < -0.4 is 10.6 Å². The highest BCUT2D eigenvalue weighted by Gasteiger charge is 2.48. The van der Waals surface area contributed by atoms with Crippen LogP contribution in [-0.2, 0) is 45.7 Å². The number of hydrogen-bond acceptors (Lipinski definition) is 7. The molecule has 0 unspecified atom stereocenters. The van der Waals surface area contributed by atoms with Gasteiger partial charge in [-0.1, -0.05) is 74.8 Å². The highest BCUT2D eigenvalue weighted by molar-refractivity contribution is 6.31. The molecule has 2 aliphatic heterocycles. The van der Waals surface area contributed by atoms with E-state index in [1.165, 1.54) is 6.08 Å². The number of halogens is 2. The number of hydrogen-bond donors (Lipinski definition) is 2. The molecule has 6 atom stereocenters.